The molecule has 5 heteroatoms. The number of nitrogens with zero attached hydrogens (tertiary/aromatic N) is 1. The number of benzene rings is 1. The number of hydrogen-bond donors (Lipinski definition) is 0. The second-order valence-corrected chi connectivity index (χ2v) is 6.00. The van der Waals surface area contributed by atoms with Crippen LogP contribution < -0.4 is 4.74 Å². The van der Waals surface area contributed by atoms with Gasteiger partial charge in [0.2, 0.25) is 0 Å². The first-order valence-electron chi connectivity index (χ1n) is 8.83. The summed E-state index contributed by atoms with van der Waals surface area (Å²) in [6.45, 7) is 6.12. The molecule has 0 atom stereocenters. The number of hydrogen-bond acceptors (Lipinski definition) is 5. The van der Waals surface area contributed by atoms with Gasteiger partial charge in [-0.05, 0) is 63.5 Å². The molecule has 1 aliphatic heterocycles. The van der Waals surface area contributed by atoms with Gasteiger partial charge in [0.05, 0.1) is 6.61 Å². The molecule has 0 aromatic heterocycles. The highest BCUT2D eigenvalue weighted by molar-refractivity contribution is 5.96. The molecule has 0 amide bonds. The minimum Gasteiger partial charge on any atom is -0.492 e. The average molecular weight is 333 g/mol. The quantitative estimate of drug-likeness (QED) is 0.486. The van der Waals surface area contributed by atoms with E-state index in [0.717, 1.165) is 12.3 Å². The lowest BCUT2D eigenvalue weighted by Crippen LogP contribution is -2.25. The molecule has 0 unspecified atom stereocenters. The van der Waals surface area contributed by atoms with Crippen LogP contribution in [0.4, 0.5) is 0 Å². The Labute approximate surface area is 143 Å². The molecule has 1 heterocycles. The summed E-state index contributed by atoms with van der Waals surface area (Å²) < 4.78 is 10.6. The molecule has 5 nitrogen and oxygen atoms in total. The van der Waals surface area contributed by atoms with Gasteiger partial charge in [-0.1, -0.05) is 0 Å². The summed E-state index contributed by atoms with van der Waals surface area (Å²) in [5.41, 5.74) is 0.658. The maximum Gasteiger partial charge on any atom is 0.305 e. The molecule has 1 aliphatic rings. The zero-order chi connectivity index (χ0) is 17.2. The lowest BCUT2D eigenvalue weighted by atomic mass is 10.1. The molecule has 0 N–H and O–H groups in total. The summed E-state index contributed by atoms with van der Waals surface area (Å²) in [5, 5.41) is 0. The van der Waals surface area contributed by atoms with E-state index >= 15 is 0 Å². The molecule has 132 valence electrons. The molecular weight excluding hydrogens is 306 g/mol. The van der Waals surface area contributed by atoms with Gasteiger partial charge >= 0.3 is 5.97 Å². The number of rotatable bonds is 10. The molecule has 0 saturated carbocycles. The first-order valence-corrected chi connectivity index (χ1v) is 8.83. The number of Topliss-reactive ketones (excluding diaryl/α,β-unsaturated/α-hetero) is 1. The zero-order valence-corrected chi connectivity index (χ0v) is 14.5. The highest BCUT2D eigenvalue weighted by atomic mass is 16.5. The first-order chi connectivity index (χ1) is 11.7. The van der Waals surface area contributed by atoms with E-state index < -0.39 is 0 Å². The van der Waals surface area contributed by atoms with Crippen LogP contribution >= 0.6 is 0 Å². The van der Waals surface area contributed by atoms with E-state index in [2.05, 4.69) is 4.90 Å². The minimum atomic E-state index is -0.243. The van der Waals surface area contributed by atoms with Gasteiger partial charge in [0.15, 0.2) is 5.78 Å². The fourth-order valence-corrected chi connectivity index (χ4v) is 2.81. The Kier molecular flexibility index (Phi) is 7.75. The van der Waals surface area contributed by atoms with E-state index in [1.54, 1.807) is 19.1 Å². The van der Waals surface area contributed by atoms with Crippen molar-refractivity contribution in [3.8, 4) is 5.75 Å². The average Bonchev–Trinajstić information content (AvgIpc) is 3.09. The van der Waals surface area contributed by atoms with Gasteiger partial charge < -0.3 is 9.47 Å². The van der Waals surface area contributed by atoms with Crippen LogP contribution in [0, 0.1) is 0 Å². The van der Waals surface area contributed by atoms with Crippen molar-refractivity contribution in [2.75, 3.05) is 32.8 Å². The van der Waals surface area contributed by atoms with E-state index in [0.29, 0.717) is 31.6 Å². The van der Waals surface area contributed by atoms with Crippen molar-refractivity contribution in [2.45, 2.75) is 39.0 Å². The third-order valence-electron chi connectivity index (χ3n) is 4.14. The molecule has 0 aliphatic carbocycles. The number of carbonyl (C=O) groups is 2. The Bertz CT molecular complexity index is 521. The molecule has 0 bridgehead atoms. The van der Waals surface area contributed by atoms with Gasteiger partial charge in [-0.15, -0.1) is 0 Å². The van der Waals surface area contributed by atoms with E-state index in [4.69, 9.17) is 9.47 Å². The second-order valence-electron chi connectivity index (χ2n) is 6.00. The summed E-state index contributed by atoms with van der Waals surface area (Å²) in [5.74, 6) is 0.590. The molecule has 24 heavy (non-hydrogen) atoms. The van der Waals surface area contributed by atoms with Crippen molar-refractivity contribution in [3.63, 3.8) is 0 Å². The molecule has 1 saturated heterocycles. The van der Waals surface area contributed by atoms with Crippen molar-refractivity contribution in [3.05, 3.63) is 29.8 Å². The van der Waals surface area contributed by atoms with E-state index in [-0.39, 0.29) is 18.2 Å². The Morgan fingerprint density at radius 1 is 1.08 bits per heavy atom. The lowest BCUT2D eigenvalue weighted by Gasteiger charge is -2.14. The van der Waals surface area contributed by atoms with Crippen molar-refractivity contribution >= 4 is 11.8 Å². The van der Waals surface area contributed by atoms with Crippen molar-refractivity contribution in [1.29, 1.82) is 0 Å². The van der Waals surface area contributed by atoms with Crippen molar-refractivity contribution in [2.24, 2.45) is 0 Å². The number of ether oxygens (including phenoxy) is 2. The first kappa shape index (κ1) is 18.5. The summed E-state index contributed by atoms with van der Waals surface area (Å²) in [6.07, 6.45) is 3.73. The molecule has 1 aromatic rings. The summed E-state index contributed by atoms with van der Waals surface area (Å²) in [7, 11) is 0. The topological polar surface area (TPSA) is 55.8 Å². The van der Waals surface area contributed by atoms with Crippen LogP contribution in [-0.2, 0) is 9.53 Å². The number of carbonyl (C=O) groups excluding carboxylic acids is 2. The predicted molar refractivity (Wildman–Crippen MR) is 92.4 cm³/mol. The molecule has 0 radical (unpaired) electrons. The number of ketones is 1. The van der Waals surface area contributed by atoms with E-state index in [1.807, 2.05) is 12.1 Å². The Hall–Kier alpha value is -1.88. The Morgan fingerprint density at radius 2 is 1.79 bits per heavy atom. The van der Waals surface area contributed by atoms with Gasteiger partial charge in [-0.25, -0.2) is 0 Å². The third kappa shape index (κ3) is 6.32. The van der Waals surface area contributed by atoms with Gasteiger partial charge in [-0.2, -0.15) is 0 Å². The van der Waals surface area contributed by atoms with Crippen molar-refractivity contribution < 1.29 is 19.1 Å². The van der Waals surface area contributed by atoms with Gasteiger partial charge in [-0.3, -0.25) is 14.5 Å². The summed E-state index contributed by atoms with van der Waals surface area (Å²) >= 11 is 0. The van der Waals surface area contributed by atoms with Crippen LogP contribution in [0.1, 0.15) is 49.4 Å². The zero-order valence-electron chi connectivity index (χ0n) is 14.5. The summed E-state index contributed by atoms with van der Waals surface area (Å²) in [6, 6.07) is 7.25. The number of esters is 1. The monoisotopic (exact) mass is 333 g/mol. The van der Waals surface area contributed by atoms with Crippen LogP contribution in [0.25, 0.3) is 0 Å². The molecule has 2 rings (SSSR count). The van der Waals surface area contributed by atoms with E-state index in [9.17, 15) is 9.59 Å². The largest absolute Gasteiger partial charge is 0.492 e. The fraction of sp³-hybridized carbons (Fsp3) is 0.579. The lowest BCUT2D eigenvalue weighted by molar-refractivity contribution is -0.143. The highest BCUT2D eigenvalue weighted by Gasteiger charge is 2.11. The molecule has 0 spiro atoms. The van der Waals surface area contributed by atoms with Crippen LogP contribution in [0.15, 0.2) is 24.3 Å². The van der Waals surface area contributed by atoms with E-state index in [1.165, 1.54) is 25.9 Å². The maximum atomic E-state index is 12.1. The van der Waals surface area contributed by atoms with Crippen LogP contribution in [0.5, 0.6) is 5.75 Å². The standard InChI is InChI=1S/C19H27NO4/c1-2-23-19(22)7-5-6-18(21)16-8-10-17(11-9-16)24-15-14-20-12-3-4-13-20/h8-11H,2-7,12-15H2,1H3. The predicted octanol–water partition coefficient (Wildman–Crippen LogP) is 3.08. The Morgan fingerprint density at radius 3 is 2.46 bits per heavy atom. The minimum absolute atomic E-state index is 0.0444. The van der Waals surface area contributed by atoms with Crippen LogP contribution in [-0.4, -0.2) is 49.5 Å². The maximum absolute atomic E-state index is 12.1. The van der Waals surface area contributed by atoms with Crippen molar-refractivity contribution in [1.82, 2.24) is 4.90 Å². The SMILES string of the molecule is CCOC(=O)CCCC(=O)c1ccc(OCCN2CCCC2)cc1. The Balaban J connectivity index is 1.68. The highest BCUT2D eigenvalue weighted by Crippen LogP contribution is 2.15. The fourth-order valence-electron chi connectivity index (χ4n) is 2.81. The molecule has 1 aromatic carbocycles. The van der Waals surface area contributed by atoms with Gasteiger partial charge in [0.25, 0.3) is 0 Å². The van der Waals surface area contributed by atoms with Crippen LogP contribution in [0.3, 0.4) is 0 Å². The molecule has 1 fully saturated rings. The van der Waals surface area contributed by atoms with Gasteiger partial charge in [0, 0.05) is 24.9 Å². The normalized spacial score (nSPS) is 14.5. The smallest absolute Gasteiger partial charge is 0.305 e. The van der Waals surface area contributed by atoms with Gasteiger partial charge in [0.1, 0.15) is 12.4 Å². The summed E-state index contributed by atoms with van der Waals surface area (Å²) in [4.78, 5) is 25.7. The second kappa shape index (κ2) is 10.1. The molecular formula is C19H27NO4. The van der Waals surface area contributed by atoms with Crippen LogP contribution in [0.2, 0.25) is 0 Å². The number of likely N-dealkylation sites (tertiary alicyclic amines) is 1. The third-order valence-corrected chi connectivity index (χ3v) is 4.14.